The first-order valence-corrected chi connectivity index (χ1v) is 6.59. The van der Waals surface area contributed by atoms with E-state index in [9.17, 15) is 4.79 Å². The monoisotopic (exact) mass is 356 g/mol. The molecule has 1 aromatic carbocycles. The average Bonchev–Trinajstić information content (AvgIpc) is 2.29. The fourth-order valence-corrected chi connectivity index (χ4v) is 2.04. The van der Waals surface area contributed by atoms with E-state index in [1.54, 1.807) is 0 Å². The molecule has 0 aliphatic heterocycles. The van der Waals surface area contributed by atoms with Gasteiger partial charge < -0.3 is 4.98 Å². The van der Waals surface area contributed by atoms with Crippen molar-refractivity contribution in [2.24, 2.45) is 0 Å². The van der Waals surface area contributed by atoms with Crippen LogP contribution in [0.25, 0.3) is 11.4 Å². The van der Waals surface area contributed by atoms with Crippen molar-refractivity contribution in [3.05, 3.63) is 48.8 Å². The largest absolute Gasteiger partial charge is 0.306 e. The number of hydrogen-bond acceptors (Lipinski definition) is 2. The van der Waals surface area contributed by atoms with Crippen molar-refractivity contribution in [1.82, 2.24) is 9.97 Å². The van der Waals surface area contributed by atoms with E-state index >= 15 is 0 Å². The molecule has 88 valence electrons. The van der Waals surface area contributed by atoms with Gasteiger partial charge in [0.05, 0.1) is 0 Å². The Balaban J connectivity index is 2.61. The maximum Gasteiger partial charge on any atom is 0.265 e. The minimum atomic E-state index is -0.173. The molecule has 0 bridgehead atoms. The van der Waals surface area contributed by atoms with E-state index in [-0.39, 0.29) is 5.56 Å². The van der Waals surface area contributed by atoms with Crippen molar-refractivity contribution in [1.29, 1.82) is 0 Å². The number of nitrogens with zero attached hydrogens (tertiary/aromatic N) is 1. The third-order valence-electron chi connectivity index (χ3n) is 2.47. The molecule has 0 radical (unpaired) electrons. The van der Waals surface area contributed by atoms with Crippen molar-refractivity contribution in [2.75, 3.05) is 0 Å². The van der Waals surface area contributed by atoms with E-state index in [2.05, 4.69) is 41.8 Å². The molecule has 0 saturated carbocycles. The summed E-state index contributed by atoms with van der Waals surface area (Å²) in [6.45, 7) is 4.02. The van der Waals surface area contributed by atoms with Crippen molar-refractivity contribution >= 4 is 31.9 Å². The van der Waals surface area contributed by atoms with Crippen molar-refractivity contribution in [3.8, 4) is 11.4 Å². The highest BCUT2D eigenvalue weighted by Crippen LogP contribution is 2.26. The third-order valence-corrected chi connectivity index (χ3v) is 4.28. The van der Waals surface area contributed by atoms with E-state index in [0.717, 1.165) is 21.2 Å². The summed E-state index contributed by atoms with van der Waals surface area (Å²) in [5.74, 6) is 0.580. The second kappa shape index (κ2) is 4.74. The summed E-state index contributed by atoms with van der Waals surface area (Å²) in [4.78, 5) is 18.4. The van der Waals surface area contributed by atoms with E-state index in [1.807, 2.05) is 26.0 Å². The first kappa shape index (κ1) is 12.5. The molecule has 0 atom stereocenters. The van der Waals surface area contributed by atoms with Gasteiger partial charge in [0.15, 0.2) is 0 Å². The predicted molar refractivity (Wildman–Crippen MR) is 75.2 cm³/mol. The van der Waals surface area contributed by atoms with Crippen molar-refractivity contribution in [3.63, 3.8) is 0 Å². The van der Waals surface area contributed by atoms with Gasteiger partial charge in [0.25, 0.3) is 5.56 Å². The number of benzene rings is 1. The molecule has 1 aromatic heterocycles. The molecule has 1 N–H and O–H groups in total. The maximum atomic E-state index is 11.5. The fourth-order valence-electron chi connectivity index (χ4n) is 1.61. The van der Waals surface area contributed by atoms with Gasteiger partial charge in [-0.15, -0.1) is 0 Å². The molecule has 0 spiro atoms. The zero-order valence-corrected chi connectivity index (χ0v) is 12.5. The van der Waals surface area contributed by atoms with Gasteiger partial charge in [0.2, 0.25) is 0 Å². The summed E-state index contributed by atoms with van der Waals surface area (Å²) in [5.41, 5.74) is 2.97. The second-order valence-corrected chi connectivity index (χ2v) is 5.48. The fraction of sp³-hybridized carbons (Fsp3) is 0.167. The van der Waals surface area contributed by atoms with Crippen LogP contribution in [-0.2, 0) is 0 Å². The van der Waals surface area contributed by atoms with Crippen LogP contribution >= 0.6 is 31.9 Å². The predicted octanol–water partition coefficient (Wildman–Crippen LogP) is 3.58. The molecule has 1 heterocycles. The lowest BCUT2D eigenvalue weighted by molar-refractivity contribution is 1.10. The lowest BCUT2D eigenvalue weighted by Crippen LogP contribution is -2.09. The standard InChI is InChI=1S/C12H10Br2N2O/c1-6-3-8(4-7(2)10(6)14)11-15-5-9(13)12(17)16-11/h3-5H,1-2H3,(H,15,16,17). The number of hydrogen-bond donors (Lipinski definition) is 1. The average molecular weight is 358 g/mol. The summed E-state index contributed by atoms with van der Waals surface area (Å²) in [6, 6.07) is 3.98. The van der Waals surface area contributed by atoms with Crippen LogP contribution in [0.15, 0.2) is 32.1 Å². The van der Waals surface area contributed by atoms with E-state index in [1.165, 1.54) is 6.20 Å². The third kappa shape index (κ3) is 2.50. The number of aromatic nitrogens is 2. The Hall–Kier alpha value is -0.940. The molecule has 5 heteroatoms. The Bertz CT molecular complexity index is 612. The Morgan fingerprint density at radius 1 is 1.18 bits per heavy atom. The lowest BCUT2D eigenvalue weighted by atomic mass is 10.1. The van der Waals surface area contributed by atoms with Crippen molar-refractivity contribution < 1.29 is 0 Å². The number of aryl methyl sites for hydroxylation is 2. The maximum absolute atomic E-state index is 11.5. The molecule has 0 amide bonds. The molecule has 0 aliphatic carbocycles. The Morgan fingerprint density at radius 2 is 1.76 bits per heavy atom. The van der Waals surface area contributed by atoms with Crippen molar-refractivity contribution in [2.45, 2.75) is 13.8 Å². The summed E-state index contributed by atoms with van der Waals surface area (Å²) < 4.78 is 1.52. The Labute approximate surface area is 116 Å². The van der Waals surface area contributed by atoms with Crippen LogP contribution in [0.1, 0.15) is 11.1 Å². The van der Waals surface area contributed by atoms with Crippen LogP contribution in [0.4, 0.5) is 0 Å². The van der Waals surface area contributed by atoms with Gasteiger partial charge in [0, 0.05) is 16.2 Å². The highest BCUT2D eigenvalue weighted by atomic mass is 79.9. The molecule has 2 rings (SSSR count). The zero-order valence-electron chi connectivity index (χ0n) is 9.34. The molecule has 17 heavy (non-hydrogen) atoms. The molecule has 0 unspecified atom stereocenters. The number of H-pyrrole nitrogens is 1. The minimum absolute atomic E-state index is 0.173. The normalized spacial score (nSPS) is 10.6. The summed E-state index contributed by atoms with van der Waals surface area (Å²) in [6.07, 6.45) is 1.51. The zero-order chi connectivity index (χ0) is 12.6. The summed E-state index contributed by atoms with van der Waals surface area (Å²) in [7, 11) is 0. The van der Waals surface area contributed by atoms with Gasteiger partial charge in [-0.05, 0) is 53.0 Å². The lowest BCUT2D eigenvalue weighted by Gasteiger charge is -2.07. The van der Waals surface area contributed by atoms with E-state index in [0.29, 0.717) is 10.3 Å². The highest BCUT2D eigenvalue weighted by molar-refractivity contribution is 9.10. The van der Waals surface area contributed by atoms with Crippen LogP contribution in [0.3, 0.4) is 0 Å². The Kier molecular flexibility index (Phi) is 3.49. The number of nitrogens with one attached hydrogen (secondary N) is 1. The quantitative estimate of drug-likeness (QED) is 0.847. The number of aromatic amines is 1. The van der Waals surface area contributed by atoms with E-state index < -0.39 is 0 Å². The first-order valence-electron chi connectivity index (χ1n) is 5.01. The molecular formula is C12H10Br2N2O. The van der Waals surface area contributed by atoms with Crippen LogP contribution in [0, 0.1) is 13.8 Å². The first-order chi connectivity index (χ1) is 7.99. The molecular weight excluding hydrogens is 348 g/mol. The highest BCUT2D eigenvalue weighted by Gasteiger charge is 2.07. The van der Waals surface area contributed by atoms with E-state index in [4.69, 9.17) is 0 Å². The number of halogens is 2. The van der Waals surface area contributed by atoms with Crippen LogP contribution in [0.5, 0.6) is 0 Å². The smallest absolute Gasteiger partial charge is 0.265 e. The second-order valence-electron chi connectivity index (χ2n) is 3.83. The molecule has 2 aromatic rings. The van der Waals surface area contributed by atoms with Gasteiger partial charge in [-0.3, -0.25) is 4.79 Å². The summed E-state index contributed by atoms with van der Waals surface area (Å²) in [5, 5.41) is 0. The Morgan fingerprint density at radius 3 is 2.29 bits per heavy atom. The SMILES string of the molecule is Cc1cc(-c2ncc(Br)c(=O)[nH]2)cc(C)c1Br. The summed E-state index contributed by atoms with van der Waals surface area (Å²) >= 11 is 6.64. The van der Waals surface area contributed by atoms with Crippen LogP contribution < -0.4 is 5.56 Å². The molecule has 0 fully saturated rings. The van der Waals surface area contributed by atoms with Gasteiger partial charge in [-0.25, -0.2) is 4.98 Å². The minimum Gasteiger partial charge on any atom is -0.306 e. The van der Waals surface area contributed by atoms with Gasteiger partial charge in [-0.2, -0.15) is 0 Å². The van der Waals surface area contributed by atoms with Gasteiger partial charge in [0.1, 0.15) is 10.3 Å². The topological polar surface area (TPSA) is 45.8 Å². The number of rotatable bonds is 1. The molecule has 0 saturated heterocycles. The van der Waals surface area contributed by atoms with Gasteiger partial charge >= 0.3 is 0 Å². The molecule has 0 aliphatic rings. The van der Waals surface area contributed by atoms with Crippen LogP contribution in [0.2, 0.25) is 0 Å². The van der Waals surface area contributed by atoms with Gasteiger partial charge in [-0.1, -0.05) is 15.9 Å². The molecule has 3 nitrogen and oxygen atoms in total. The van der Waals surface area contributed by atoms with Crippen LogP contribution in [-0.4, -0.2) is 9.97 Å².